The van der Waals surface area contributed by atoms with Crippen molar-refractivity contribution in [3.63, 3.8) is 0 Å². The summed E-state index contributed by atoms with van der Waals surface area (Å²) in [5.41, 5.74) is 11.0. The Morgan fingerprint density at radius 1 is 1.39 bits per heavy atom. The van der Waals surface area contributed by atoms with E-state index in [1.807, 2.05) is 6.07 Å². The Balaban J connectivity index is 1.61. The van der Waals surface area contributed by atoms with Gasteiger partial charge in [0, 0.05) is 21.9 Å². The predicted octanol–water partition coefficient (Wildman–Crippen LogP) is 2.77. The fourth-order valence-electron chi connectivity index (χ4n) is 2.98. The van der Waals surface area contributed by atoms with Gasteiger partial charge in [-0.25, -0.2) is 10.1 Å². The van der Waals surface area contributed by atoms with Crippen molar-refractivity contribution >= 4 is 28.7 Å². The number of rotatable bonds is 4. The molecule has 0 radical (unpaired) electrons. The number of aromatic nitrogens is 6. The zero-order chi connectivity index (χ0) is 16.0. The summed E-state index contributed by atoms with van der Waals surface area (Å²) in [4.78, 5) is 5.20. The lowest BCUT2D eigenvalue weighted by Crippen LogP contribution is -2.19. The van der Waals surface area contributed by atoms with Gasteiger partial charge >= 0.3 is 0 Å². The van der Waals surface area contributed by atoms with Crippen molar-refractivity contribution in [3.05, 3.63) is 23.0 Å². The molecule has 0 aromatic carbocycles. The first-order valence-electron chi connectivity index (χ1n) is 7.78. The number of nitrogens with one attached hydrogen (secondary N) is 1. The third-order valence-electron chi connectivity index (χ3n) is 4.55. The molecule has 0 aliphatic heterocycles. The topological polar surface area (TPSA) is 98.3 Å². The van der Waals surface area contributed by atoms with Crippen molar-refractivity contribution in [1.82, 2.24) is 30.2 Å². The molecule has 0 unspecified atom stereocenters. The van der Waals surface area contributed by atoms with Crippen LogP contribution in [0.5, 0.6) is 0 Å². The molecule has 0 bridgehead atoms. The molecule has 1 aliphatic carbocycles. The van der Waals surface area contributed by atoms with Crippen LogP contribution in [0.3, 0.4) is 0 Å². The predicted molar refractivity (Wildman–Crippen MR) is 90.2 cm³/mol. The number of nitrogens with zero attached hydrogens (tertiary/aromatic N) is 5. The van der Waals surface area contributed by atoms with E-state index in [9.17, 15) is 0 Å². The van der Waals surface area contributed by atoms with Gasteiger partial charge < -0.3 is 5.73 Å². The van der Waals surface area contributed by atoms with E-state index in [0.29, 0.717) is 17.5 Å². The third-order valence-corrected chi connectivity index (χ3v) is 5.61. The van der Waals surface area contributed by atoms with Crippen molar-refractivity contribution in [3.8, 4) is 0 Å². The van der Waals surface area contributed by atoms with E-state index in [-0.39, 0.29) is 0 Å². The molecule has 1 fully saturated rings. The molecule has 120 valence electrons. The molecule has 0 spiro atoms. The molecule has 7 nitrogen and oxygen atoms in total. The van der Waals surface area contributed by atoms with E-state index in [0.717, 1.165) is 21.9 Å². The van der Waals surface area contributed by atoms with Gasteiger partial charge in [0.25, 0.3) is 0 Å². The molecular weight excluding hydrogens is 310 g/mol. The van der Waals surface area contributed by atoms with E-state index >= 15 is 0 Å². The zero-order valence-electron chi connectivity index (χ0n) is 13.2. The number of H-pyrrole nitrogens is 1. The number of fused-ring (bicyclic) bond motifs is 1. The highest BCUT2D eigenvalue weighted by atomic mass is 32.2. The van der Waals surface area contributed by atoms with Crippen LogP contribution in [0.15, 0.2) is 11.0 Å². The van der Waals surface area contributed by atoms with Crippen LogP contribution in [0.1, 0.15) is 42.3 Å². The molecule has 3 heterocycles. The SMILES string of the molecule is Cc1nn(C2CCC2)c(C)c1CSc1cc(N)nc2[nH]nnc12. The Morgan fingerprint density at radius 3 is 2.96 bits per heavy atom. The first-order chi connectivity index (χ1) is 11.1. The molecule has 3 aromatic heterocycles. The van der Waals surface area contributed by atoms with Crippen LogP contribution >= 0.6 is 11.8 Å². The van der Waals surface area contributed by atoms with Crippen molar-refractivity contribution in [2.45, 2.75) is 49.8 Å². The zero-order valence-corrected chi connectivity index (χ0v) is 14.0. The Hall–Kier alpha value is -2.09. The lowest BCUT2D eigenvalue weighted by molar-refractivity contribution is 0.284. The molecule has 0 atom stereocenters. The van der Waals surface area contributed by atoms with Gasteiger partial charge in [0.05, 0.1) is 11.7 Å². The Kier molecular flexibility index (Phi) is 3.48. The summed E-state index contributed by atoms with van der Waals surface area (Å²) in [6.07, 6.45) is 3.80. The fourth-order valence-corrected chi connectivity index (χ4v) is 4.18. The van der Waals surface area contributed by atoms with Crippen LogP contribution in [0.2, 0.25) is 0 Å². The highest BCUT2D eigenvalue weighted by molar-refractivity contribution is 7.98. The van der Waals surface area contributed by atoms with Gasteiger partial charge in [0.1, 0.15) is 11.3 Å². The molecule has 1 aliphatic rings. The molecule has 3 aromatic rings. The molecular formula is C15H19N7S. The average Bonchev–Trinajstić information content (AvgIpc) is 3.01. The van der Waals surface area contributed by atoms with E-state index < -0.39 is 0 Å². The summed E-state index contributed by atoms with van der Waals surface area (Å²) < 4.78 is 2.21. The summed E-state index contributed by atoms with van der Waals surface area (Å²) in [6, 6.07) is 2.45. The molecule has 0 amide bonds. The second-order valence-electron chi connectivity index (χ2n) is 6.02. The van der Waals surface area contributed by atoms with E-state index in [2.05, 4.69) is 38.9 Å². The summed E-state index contributed by atoms with van der Waals surface area (Å²) in [6.45, 7) is 4.26. The summed E-state index contributed by atoms with van der Waals surface area (Å²) in [5, 5.41) is 15.4. The Bertz CT molecular complexity index is 862. The standard InChI is InChI=1S/C15H19N7S/c1-8-11(9(2)22(20-8)10-4-3-5-10)7-23-12-6-13(16)17-15-14(12)18-21-19-15/h6,10H,3-5,7H2,1-2H3,(H3,16,17,18,19,21). The summed E-state index contributed by atoms with van der Waals surface area (Å²) >= 11 is 1.70. The second-order valence-corrected chi connectivity index (χ2v) is 7.04. The minimum absolute atomic E-state index is 0.477. The van der Waals surface area contributed by atoms with Gasteiger partial charge in [-0.15, -0.1) is 16.9 Å². The highest BCUT2D eigenvalue weighted by Crippen LogP contribution is 2.35. The molecule has 1 saturated carbocycles. The fraction of sp³-hybridized carbons (Fsp3) is 0.467. The number of hydrogen-bond donors (Lipinski definition) is 2. The Labute approximate surface area is 138 Å². The van der Waals surface area contributed by atoms with Crippen molar-refractivity contribution < 1.29 is 0 Å². The molecule has 3 N–H and O–H groups in total. The van der Waals surface area contributed by atoms with E-state index in [1.54, 1.807) is 11.8 Å². The number of nitrogen functional groups attached to an aromatic ring is 1. The van der Waals surface area contributed by atoms with Crippen molar-refractivity contribution in [1.29, 1.82) is 0 Å². The smallest absolute Gasteiger partial charge is 0.179 e. The van der Waals surface area contributed by atoms with Crippen molar-refractivity contribution in [2.24, 2.45) is 0 Å². The lowest BCUT2D eigenvalue weighted by Gasteiger charge is -2.27. The largest absolute Gasteiger partial charge is 0.384 e. The summed E-state index contributed by atoms with van der Waals surface area (Å²) in [5.74, 6) is 1.32. The minimum atomic E-state index is 0.477. The molecule has 4 rings (SSSR count). The maximum absolute atomic E-state index is 5.87. The first-order valence-corrected chi connectivity index (χ1v) is 8.76. The van der Waals surface area contributed by atoms with Crippen LogP contribution in [-0.2, 0) is 5.75 Å². The molecule has 23 heavy (non-hydrogen) atoms. The van der Waals surface area contributed by atoms with Gasteiger partial charge in [-0.05, 0) is 39.2 Å². The number of nitrogens with two attached hydrogens (primary N) is 1. The molecule has 0 saturated heterocycles. The van der Waals surface area contributed by atoms with E-state index in [1.165, 1.54) is 30.5 Å². The third kappa shape index (κ3) is 2.46. The maximum atomic E-state index is 5.87. The quantitative estimate of drug-likeness (QED) is 0.714. The van der Waals surface area contributed by atoms with Crippen LogP contribution in [0.4, 0.5) is 5.82 Å². The van der Waals surface area contributed by atoms with Crippen LogP contribution in [0, 0.1) is 13.8 Å². The number of pyridine rings is 1. The monoisotopic (exact) mass is 329 g/mol. The summed E-state index contributed by atoms with van der Waals surface area (Å²) in [7, 11) is 0. The number of aromatic amines is 1. The van der Waals surface area contributed by atoms with Gasteiger partial charge in [-0.3, -0.25) is 4.68 Å². The minimum Gasteiger partial charge on any atom is -0.384 e. The number of anilines is 1. The number of hydrogen-bond acceptors (Lipinski definition) is 6. The van der Waals surface area contributed by atoms with Crippen LogP contribution in [0.25, 0.3) is 11.2 Å². The lowest BCUT2D eigenvalue weighted by atomic mass is 9.93. The normalized spacial score (nSPS) is 15.2. The maximum Gasteiger partial charge on any atom is 0.179 e. The van der Waals surface area contributed by atoms with E-state index in [4.69, 9.17) is 10.8 Å². The van der Waals surface area contributed by atoms with Gasteiger partial charge in [0.2, 0.25) is 0 Å². The van der Waals surface area contributed by atoms with Crippen LogP contribution in [-0.4, -0.2) is 30.2 Å². The van der Waals surface area contributed by atoms with Gasteiger partial charge in [-0.2, -0.15) is 5.10 Å². The Morgan fingerprint density at radius 2 is 2.22 bits per heavy atom. The molecule has 8 heteroatoms. The second kappa shape index (κ2) is 5.52. The average molecular weight is 329 g/mol. The highest BCUT2D eigenvalue weighted by Gasteiger charge is 2.24. The van der Waals surface area contributed by atoms with Gasteiger partial charge in [-0.1, -0.05) is 5.21 Å². The van der Waals surface area contributed by atoms with Crippen molar-refractivity contribution in [2.75, 3.05) is 5.73 Å². The van der Waals surface area contributed by atoms with Crippen LogP contribution < -0.4 is 5.73 Å². The number of aryl methyl sites for hydroxylation is 1. The first kappa shape index (κ1) is 14.5. The van der Waals surface area contributed by atoms with Gasteiger partial charge in [0.15, 0.2) is 5.65 Å². The number of thioether (sulfide) groups is 1.